The van der Waals surface area contributed by atoms with Gasteiger partial charge in [-0.05, 0) is 65.5 Å². The van der Waals surface area contributed by atoms with Crippen molar-refractivity contribution >= 4 is 28.6 Å². The van der Waals surface area contributed by atoms with Crippen LogP contribution in [0.25, 0.3) is 0 Å². The molecule has 1 aromatic rings. The maximum absolute atomic E-state index is 12.3. The number of methoxy groups -OCH3 is 1. The molecule has 0 amide bonds. The monoisotopic (exact) mass is 399 g/mol. The molecule has 3 nitrogen and oxygen atoms in total. The molecule has 2 aliphatic heterocycles. The molecule has 3 rings (SSSR count). The van der Waals surface area contributed by atoms with E-state index in [1.165, 1.54) is 28.2 Å². The molecule has 0 radical (unpaired) electrons. The molecule has 0 saturated carbocycles. The van der Waals surface area contributed by atoms with Crippen LogP contribution in [0.2, 0.25) is 0 Å². The second-order valence-corrected chi connectivity index (χ2v) is 7.31. The molecule has 21 heavy (non-hydrogen) atoms. The van der Waals surface area contributed by atoms with E-state index in [0.717, 1.165) is 19.3 Å². The first-order valence-electron chi connectivity index (χ1n) is 7.76. The zero-order chi connectivity index (χ0) is 15.0. The molecule has 2 bridgehead atoms. The second-order valence-electron chi connectivity index (χ2n) is 6.14. The lowest BCUT2D eigenvalue weighted by Gasteiger charge is -2.36. The van der Waals surface area contributed by atoms with Gasteiger partial charge in [0.2, 0.25) is 0 Å². The largest absolute Gasteiger partial charge is 0.469 e. The number of halogens is 1. The van der Waals surface area contributed by atoms with E-state index in [9.17, 15) is 4.79 Å². The van der Waals surface area contributed by atoms with Crippen molar-refractivity contribution in [3.8, 4) is 0 Å². The van der Waals surface area contributed by atoms with Gasteiger partial charge in [-0.1, -0.05) is 19.1 Å². The first-order valence-corrected chi connectivity index (χ1v) is 8.84. The summed E-state index contributed by atoms with van der Waals surface area (Å²) in [5.74, 6) is 0.181. The minimum atomic E-state index is -0.0626. The van der Waals surface area contributed by atoms with Crippen LogP contribution in [0.3, 0.4) is 0 Å². The Bertz CT molecular complexity index is 546. The van der Waals surface area contributed by atoms with Crippen LogP contribution in [0.5, 0.6) is 0 Å². The molecular weight excluding hydrogens is 377 g/mol. The lowest BCUT2D eigenvalue weighted by molar-refractivity contribution is -0.148. The Hall–Kier alpha value is -0.620. The Morgan fingerprint density at radius 1 is 1.43 bits per heavy atom. The molecule has 2 saturated heterocycles. The van der Waals surface area contributed by atoms with E-state index in [0.29, 0.717) is 6.04 Å². The molecular formula is C17H22INO2. The number of piperidine rings is 1. The minimum absolute atomic E-state index is 0.0444. The smallest absolute Gasteiger partial charge is 0.310 e. The quantitative estimate of drug-likeness (QED) is 0.627. The highest BCUT2D eigenvalue weighted by Gasteiger charge is 2.46. The molecule has 2 aliphatic rings. The van der Waals surface area contributed by atoms with Crippen molar-refractivity contribution < 1.29 is 9.53 Å². The summed E-state index contributed by atoms with van der Waals surface area (Å²) in [7, 11) is 1.50. The van der Waals surface area contributed by atoms with Gasteiger partial charge in [-0.25, -0.2) is 0 Å². The number of carbonyl (C=O) groups is 1. The van der Waals surface area contributed by atoms with Crippen molar-refractivity contribution in [1.82, 2.24) is 5.32 Å². The van der Waals surface area contributed by atoms with Crippen LogP contribution >= 0.6 is 22.6 Å². The van der Waals surface area contributed by atoms with Gasteiger partial charge in [-0.2, -0.15) is 0 Å². The van der Waals surface area contributed by atoms with Crippen molar-refractivity contribution in [2.45, 2.75) is 50.6 Å². The third-order valence-electron chi connectivity index (χ3n) is 5.04. The highest BCUT2D eigenvalue weighted by atomic mass is 127. The van der Waals surface area contributed by atoms with Crippen molar-refractivity contribution in [3.63, 3.8) is 0 Å². The highest BCUT2D eigenvalue weighted by Crippen LogP contribution is 2.42. The summed E-state index contributed by atoms with van der Waals surface area (Å²) in [6.45, 7) is 2.18. The molecule has 0 unspecified atom stereocenters. The molecule has 0 aromatic heterocycles. The fourth-order valence-electron chi connectivity index (χ4n) is 3.94. The number of carbonyl (C=O) groups excluding carboxylic acids is 1. The summed E-state index contributed by atoms with van der Waals surface area (Å²) in [5.41, 5.74) is 2.68. The van der Waals surface area contributed by atoms with Crippen molar-refractivity contribution in [2.75, 3.05) is 7.11 Å². The van der Waals surface area contributed by atoms with E-state index < -0.39 is 0 Å². The molecule has 2 heterocycles. The van der Waals surface area contributed by atoms with Crippen LogP contribution in [-0.4, -0.2) is 25.2 Å². The Kier molecular flexibility index (Phi) is 4.54. The Labute approximate surface area is 140 Å². The third kappa shape index (κ3) is 2.84. The predicted molar refractivity (Wildman–Crippen MR) is 91.3 cm³/mol. The van der Waals surface area contributed by atoms with E-state index in [1.807, 2.05) is 0 Å². The maximum atomic E-state index is 12.3. The standard InChI is InChI=1S/C17H22INO2/c1-3-10-4-5-11(8-14(10)18)13-9-12-6-7-15(19-12)16(13)17(20)21-2/h4-5,8,12-13,15-16,19H,3,6-7,9H2,1-2H3/t12-,13-,15+,16+/m1/s1. The Morgan fingerprint density at radius 3 is 2.90 bits per heavy atom. The lowest BCUT2D eigenvalue weighted by atomic mass is 9.77. The van der Waals surface area contributed by atoms with Gasteiger partial charge in [-0.3, -0.25) is 4.79 Å². The van der Waals surface area contributed by atoms with Crippen molar-refractivity contribution in [1.29, 1.82) is 0 Å². The van der Waals surface area contributed by atoms with Crippen LogP contribution in [0.15, 0.2) is 18.2 Å². The number of benzene rings is 1. The van der Waals surface area contributed by atoms with Gasteiger partial charge < -0.3 is 10.1 Å². The highest BCUT2D eigenvalue weighted by molar-refractivity contribution is 14.1. The zero-order valence-electron chi connectivity index (χ0n) is 12.6. The van der Waals surface area contributed by atoms with E-state index in [2.05, 4.69) is 53.0 Å². The molecule has 1 aromatic carbocycles. The van der Waals surface area contributed by atoms with Gasteiger partial charge in [0.15, 0.2) is 0 Å². The normalized spacial score (nSPS) is 31.2. The number of nitrogens with one attached hydrogen (secondary N) is 1. The third-order valence-corrected chi connectivity index (χ3v) is 6.05. The van der Waals surface area contributed by atoms with Crippen LogP contribution in [0.4, 0.5) is 0 Å². The number of esters is 1. The van der Waals surface area contributed by atoms with Gasteiger partial charge in [0, 0.05) is 21.6 Å². The van der Waals surface area contributed by atoms with E-state index in [-0.39, 0.29) is 23.8 Å². The van der Waals surface area contributed by atoms with Gasteiger partial charge in [0.1, 0.15) is 0 Å². The summed E-state index contributed by atoms with van der Waals surface area (Å²) in [4.78, 5) is 12.3. The summed E-state index contributed by atoms with van der Waals surface area (Å²) >= 11 is 2.41. The van der Waals surface area contributed by atoms with Gasteiger partial charge in [-0.15, -0.1) is 0 Å². The number of hydrogen-bond acceptors (Lipinski definition) is 3. The van der Waals surface area contributed by atoms with Gasteiger partial charge in [0.25, 0.3) is 0 Å². The lowest BCUT2D eigenvalue weighted by Crippen LogP contribution is -2.48. The molecule has 1 N–H and O–H groups in total. The van der Waals surface area contributed by atoms with Gasteiger partial charge >= 0.3 is 5.97 Å². The topological polar surface area (TPSA) is 38.3 Å². The van der Waals surface area contributed by atoms with Crippen LogP contribution in [-0.2, 0) is 16.0 Å². The first kappa shape index (κ1) is 15.3. The van der Waals surface area contributed by atoms with Crippen LogP contribution in [0, 0.1) is 9.49 Å². The van der Waals surface area contributed by atoms with Crippen LogP contribution in [0.1, 0.15) is 43.2 Å². The van der Waals surface area contributed by atoms with E-state index in [1.54, 1.807) is 0 Å². The summed E-state index contributed by atoms with van der Waals surface area (Å²) in [5, 5.41) is 3.59. The fraction of sp³-hybridized carbons (Fsp3) is 0.588. The minimum Gasteiger partial charge on any atom is -0.469 e. The SMILES string of the molecule is CCc1ccc([C@H]2C[C@H]3CC[C@H](N3)[C@H]2C(=O)OC)cc1I. The van der Waals surface area contributed by atoms with Crippen LogP contribution < -0.4 is 5.32 Å². The first-order chi connectivity index (χ1) is 10.1. The zero-order valence-corrected chi connectivity index (χ0v) is 14.7. The Balaban J connectivity index is 1.94. The van der Waals surface area contributed by atoms with Crippen molar-refractivity contribution in [2.24, 2.45) is 5.92 Å². The molecule has 4 heteroatoms. The fourth-order valence-corrected chi connectivity index (χ4v) is 4.86. The number of ether oxygens (including phenoxy) is 1. The second kappa shape index (κ2) is 6.24. The van der Waals surface area contributed by atoms with E-state index in [4.69, 9.17) is 4.74 Å². The van der Waals surface area contributed by atoms with E-state index >= 15 is 0 Å². The number of hydrogen-bond donors (Lipinski definition) is 1. The average molecular weight is 399 g/mol. The van der Waals surface area contributed by atoms with Crippen molar-refractivity contribution in [3.05, 3.63) is 32.9 Å². The predicted octanol–water partition coefficient (Wildman–Crippen LogP) is 3.25. The molecule has 0 spiro atoms. The number of fused-ring (bicyclic) bond motifs is 2. The molecule has 114 valence electrons. The molecule has 2 fully saturated rings. The Morgan fingerprint density at radius 2 is 2.24 bits per heavy atom. The summed E-state index contributed by atoms with van der Waals surface area (Å²) < 4.78 is 6.39. The summed E-state index contributed by atoms with van der Waals surface area (Å²) in [6.07, 6.45) is 4.36. The number of aryl methyl sites for hydroxylation is 1. The molecule has 0 aliphatic carbocycles. The average Bonchev–Trinajstić information content (AvgIpc) is 2.87. The maximum Gasteiger partial charge on any atom is 0.310 e. The molecule has 4 atom stereocenters. The summed E-state index contributed by atoms with van der Waals surface area (Å²) in [6, 6.07) is 7.54. The van der Waals surface area contributed by atoms with Gasteiger partial charge in [0.05, 0.1) is 13.0 Å². The number of rotatable bonds is 3.